The summed E-state index contributed by atoms with van der Waals surface area (Å²) in [5.74, 6) is 0.0432. The van der Waals surface area contributed by atoms with Gasteiger partial charge in [-0.3, -0.25) is 10.3 Å². The van der Waals surface area contributed by atoms with Crippen LogP contribution in [0.15, 0.2) is 36.4 Å². The van der Waals surface area contributed by atoms with Crippen LogP contribution in [0.1, 0.15) is 29.8 Å². The average molecular weight is 432 g/mol. The molecule has 1 N–H and O–H groups in total. The molecule has 31 heavy (non-hydrogen) atoms. The molecule has 7 heteroatoms. The lowest BCUT2D eigenvalue weighted by Crippen LogP contribution is -2.40. The fourth-order valence-corrected chi connectivity index (χ4v) is 4.87. The predicted molar refractivity (Wildman–Crippen MR) is 124 cm³/mol. The summed E-state index contributed by atoms with van der Waals surface area (Å²) >= 11 is 1.48. The van der Waals surface area contributed by atoms with Crippen LogP contribution in [0.3, 0.4) is 0 Å². The Bertz CT molecular complexity index is 1130. The Morgan fingerprint density at radius 2 is 1.81 bits per heavy atom. The van der Waals surface area contributed by atoms with Crippen LogP contribution in [0.2, 0.25) is 0 Å². The van der Waals surface area contributed by atoms with E-state index in [-0.39, 0.29) is 11.9 Å². The molecular weight excluding hydrogens is 406 g/mol. The molecule has 3 heterocycles. The Kier molecular flexibility index (Phi) is 6.01. The minimum Gasteiger partial charge on any atom is -0.324 e. The van der Waals surface area contributed by atoms with Crippen LogP contribution in [0.5, 0.6) is 0 Å². The van der Waals surface area contributed by atoms with Gasteiger partial charge in [0.05, 0.1) is 16.6 Å². The maximum absolute atomic E-state index is 12.8. The summed E-state index contributed by atoms with van der Waals surface area (Å²) in [5.41, 5.74) is 5.99. The number of thiazole rings is 1. The molecule has 0 aliphatic carbocycles. The normalized spacial score (nSPS) is 14.3. The van der Waals surface area contributed by atoms with Gasteiger partial charge in [-0.25, -0.2) is 9.78 Å². The first kappa shape index (κ1) is 21.0. The van der Waals surface area contributed by atoms with Crippen LogP contribution in [0.25, 0.3) is 21.7 Å². The fourth-order valence-electron chi connectivity index (χ4n) is 3.91. The number of likely N-dealkylation sites (tertiary alicyclic amines) is 1. The number of urea groups is 1. The van der Waals surface area contributed by atoms with Gasteiger partial charge in [-0.1, -0.05) is 35.1 Å². The van der Waals surface area contributed by atoms with Crippen molar-refractivity contribution < 1.29 is 4.79 Å². The first-order valence-electron chi connectivity index (χ1n) is 10.4. The molecule has 3 aromatic rings. The number of aryl methyl sites for hydroxylation is 3. The number of rotatable bonds is 3. The number of benzene rings is 1. The number of nitrogens with zero attached hydrogens (tertiary/aromatic N) is 4. The highest BCUT2D eigenvalue weighted by Crippen LogP contribution is 2.39. The zero-order valence-corrected chi connectivity index (χ0v) is 18.8. The summed E-state index contributed by atoms with van der Waals surface area (Å²) in [5, 5.41) is 12.6. The van der Waals surface area contributed by atoms with Crippen LogP contribution < -0.4 is 5.32 Å². The number of pyridine rings is 1. The van der Waals surface area contributed by atoms with Gasteiger partial charge < -0.3 is 4.90 Å². The number of hydrogen-bond donors (Lipinski definition) is 1. The molecule has 0 radical (unpaired) electrons. The second-order valence-electron chi connectivity index (χ2n) is 8.03. The van der Waals surface area contributed by atoms with Crippen molar-refractivity contribution in [2.45, 2.75) is 33.6 Å². The third-order valence-electron chi connectivity index (χ3n) is 5.44. The predicted octanol–water partition coefficient (Wildman–Crippen LogP) is 5.56. The van der Waals surface area contributed by atoms with Crippen molar-refractivity contribution in [3.05, 3.63) is 53.3 Å². The molecule has 0 atom stereocenters. The molecule has 1 aliphatic heterocycles. The Balaban J connectivity index is 1.67. The van der Waals surface area contributed by atoms with E-state index in [1.165, 1.54) is 11.3 Å². The van der Waals surface area contributed by atoms with Gasteiger partial charge in [0.1, 0.15) is 0 Å². The Labute approximate surface area is 186 Å². The van der Waals surface area contributed by atoms with Gasteiger partial charge in [0.2, 0.25) is 0 Å². The number of piperidine rings is 1. The summed E-state index contributed by atoms with van der Waals surface area (Å²) in [7, 11) is 0. The maximum Gasteiger partial charge on any atom is 0.323 e. The average Bonchev–Trinajstić information content (AvgIpc) is 3.17. The second kappa shape index (κ2) is 8.86. The number of aromatic nitrogens is 2. The summed E-state index contributed by atoms with van der Waals surface area (Å²) in [6, 6.07) is 14.5. The summed E-state index contributed by atoms with van der Waals surface area (Å²) in [6.07, 6.45) is 1.44. The topological polar surface area (TPSA) is 81.9 Å². The van der Waals surface area contributed by atoms with E-state index < -0.39 is 0 Å². The van der Waals surface area contributed by atoms with Gasteiger partial charge in [0, 0.05) is 36.0 Å². The monoisotopic (exact) mass is 431 g/mol. The van der Waals surface area contributed by atoms with E-state index in [2.05, 4.69) is 47.6 Å². The van der Waals surface area contributed by atoms with Gasteiger partial charge in [0.25, 0.3) is 0 Å². The van der Waals surface area contributed by atoms with Crippen LogP contribution >= 0.6 is 11.3 Å². The molecule has 0 spiro atoms. The van der Waals surface area contributed by atoms with Crippen molar-refractivity contribution in [2.24, 2.45) is 5.92 Å². The largest absolute Gasteiger partial charge is 0.324 e. The molecular formula is C24H25N5OS. The van der Waals surface area contributed by atoms with Crippen molar-refractivity contribution >= 4 is 22.5 Å². The van der Waals surface area contributed by atoms with Gasteiger partial charge >= 0.3 is 6.03 Å². The molecule has 4 rings (SSSR count). The van der Waals surface area contributed by atoms with E-state index in [9.17, 15) is 4.79 Å². The number of hydrogen-bond acceptors (Lipinski definition) is 5. The first-order valence-corrected chi connectivity index (χ1v) is 11.2. The zero-order chi connectivity index (χ0) is 22.0. The number of nitriles is 1. The molecule has 2 amide bonds. The van der Waals surface area contributed by atoms with Crippen LogP contribution in [-0.4, -0.2) is 34.0 Å². The smallest absolute Gasteiger partial charge is 0.323 e. The van der Waals surface area contributed by atoms with Crippen molar-refractivity contribution in [3.63, 3.8) is 0 Å². The minimum atomic E-state index is -0.158. The van der Waals surface area contributed by atoms with Crippen LogP contribution in [0.4, 0.5) is 9.93 Å². The standard InChI is InChI=1S/C24H25N5OS/c1-15-5-4-6-19(11-15)21-22(20-12-16(2)26-17(3)13-20)31-23(27-21)28-24(30)29-9-7-18(14-25)8-10-29/h4-6,11-13,18H,7-10H2,1-3H3,(H,27,28,30). The molecule has 1 fully saturated rings. The highest BCUT2D eigenvalue weighted by Gasteiger charge is 2.24. The van der Waals surface area contributed by atoms with E-state index in [0.717, 1.165) is 51.5 Å². The van der Waals surface area contributed by atoms with Gasteiger partial charge in [-0.05, 0) is 57.4 Å². The molecule has 1 aromatic carbocycles. The highest BCUT2D eigenvalue weighted by atomic mass is 32.1. The van der Waals surface area contributed by atoms with E-state index in [1.54, 1.807) is 4.90 Å². The van der Waals surface area contributed by atoms with E-state index in [4.69, 9.17) is 10.2 Å². The summed E-state index contributed by atoms with van der Waals surface area (Å²) in [4.78, 5) is 24.9. The van der Waals surface area contributed by atoms with Crippen molar-refractivity contribution in [3.8, 4) is 27.8 Å². The SMILES string of the molecule is Cc1cccc(-c2nc(NC(=O)N3CCC(C#N)CC3)sc2-c2cc(C)nc(C)c2)c1. The number of carbonyl (C=O) groups is 1. The van der Waals surface area contributed by atoms with Crippen LogP contribution in [-0.2, 0) is 0 Å². The Morgan fingerprint density at radius 3 is 2.45 bits per heavy atom. The summed E-state index contributed by atoms with van der Waals surface area (Å²) < 4.78 is 0. The Morgan fingerprint density at radius 1 is 1.10 bits per heavy atom. The number of anilines is 1. The number of carbonyl (C=O) groups excluding carboxylic acids is 1. The molecule has 6 nitrogen and oxygen atoms in total. The van der Waals surface area contributed by atoms with Gasteiger partial charge in [-0.2, -0.15) is 5.26 Å². The lowest BCUT2D eigenvalue weighted by molar-refractivity contribution is 0.192. The van der Waals surface area contributed by atoms with Crippen molar-refractivity contribution in [1.29, 1.82) is 5.26 Å². The molecule has 1 saturated heterocycles. The number of nitrogens with one attached hydrogen (secondary N) is 1. The molecule has 2 aromatic heterocycles. The minimum absolute atomic E-state index is 0.0432. The lowest BCUT2D eigenvalue weighted by Gasteiger charge is -2.28. The quantitative estimate of drug-likeness (QED) is 0.588. The van der Waals surface area contributed by atoms with E-state index >= 15 is 0 Å². The third kappa shape index (κ3) is 4.75. The van der Waals surface area contributed by atoms with E-state index in [1.807, 2.05) is 26.0 Å². The fraction of sp³-hybridized carbons (Fsp3) is 0.333. The zero-order valence-electron chi connectivity index (χ0n) is 18.0. The third-order valence-corrected chi connectivity index (χ3v) is 6.46. The maximum atomic E-state index is 12.8. The van der Waals surface area contributed by atoms with Crippen LogP contribution in [0, 0.1) is 38.0 Å². The van der Waals surface area contributed by atoms with Crippen molar-refractivity contribution in [1.82, 2.24) is 14.9 Å². The highest BCUT2D eigenvalue weighted by molar-refractivity contribution is 7.19. The Hall–Kier alpha value is -3.24. The molecule has 0 bridgehead atoms. The first-order chi connectivity index (χ1) is 14.9. The molecule has 0 unspecified atom stereocenters. The number of amides is 2. The lowest BCUT2D eigenvalue weighted by atomic mass is 9.99. The molecule has 158 valence electrons. The van der Waals surface area contributed by atoms with Crippen molar-refractivity contribution in [2.75, 3.05) is 18.4 Å². The van der Waals surface area contributed by atoms with E-state index in [0.29, 0.717) is 18.2 Å². The second-order valence-corrected chi connectivity index (χ2v) is 9.02. The van der Waals surface area contributed by atoms with Gasteiger partial charge in [-0.15, -0.1) is 0 Å². The van der Waals surface area contributed by atoms with Gasteiger partial charge in [0.15, 0.2) is 5.13 Å². The summed E-state index contributed by atoms with van der Waals surface area (Å²) in [6.45, 7) is 7.21. The molecule has 1 aliphatic rings. The molecule has 0 saturated carbocycles.